The van der Waals surface area contributed by atoms with Gasteiger partial charge < -0.3 is 5.32 Å². The van der Waals surface area contributed by atoms with Crippen LogP contribution in [-0.4, -0.2) is 14.2 Å². The zero-order chi connectivity index (χ0) is 15.7. The Morgan fingerprint density at radius 1 is 1.09 bits per heavy atom. The molecule has 0 radical (unpaired) electrons. The van der Waals surface area contributed by atoms with Gasteiger partial charge in [0.25, 0.3) is 0 Å². The quantitative estimate of drug-likeness (QED) is 0.926. The maximum atomic E-state index is 12.2. The first-order valence-corrected chi connectivity index (χ1v) is 9.31. The SMILES string of the molecule is CC(C)c1cccc(NC2CCS(=O)(=O)c3ccccc32)c1. The third kappa shape index (κ3) is 2.88. The van der Waals surface area contributed by atoms with Crippen LogP contribution >= 0.6 is 0 Å². The van der Waals surface area contributed by atoms with Gasteiger partial charge in [0.05, 0.1) is 16.7 Å². The van der Waals surface area contributed by atoms with E-state index < -0.39 is 9.84 Å². The van der Waals surface area contributed by atoms with Gasteiger partial charge in [0, 0.05) is 5.69 Å². The fraction of sp³-hybridized carbons (Fsp3) is 0.333. The Morgan fingerprint density at radius 3 is 2.64 bits per heavy atom. The molecule has 0 bridgehead atoms. The van der Waals surface area contributed by atoms with Gasteiger partial charge in [-0.25, -0.2) is 8.42 Å². The van der Waals surface area contributed by atoms with Crippen molar-refractivity contribution in [3.63, 3.8) is 0 Å². The molecule has 0 spiro atoms. The summed E-state index contributed by atoms with van der Waals surface area (Å²) in [5.41, 5.74) is 3.20. The highest BCUT2D eigenvalue weighted by molar-refractivity contribution is 7.91. The Bertz CT molecular complexity index is 781. The molecule has 4 heteroatoms. The highest BCUT2D eigenvalue weighted by Gasteiger charge is 2.29. The maximum Gasteiger partial charge on any atom is 0.178 e. The normalized spacial score (nSPS) is 19.7. The molecule has 22 heavy (non-hydrogen) atoms. The van der Waals surface area contributed by atoms with E-state index in [-0.39, 0.29) is 11.8 Å². The predicted molar refractivity (Wildman–Crippen MR) is 90.0 cm³/mol. The van der Waals surface area contributed by atoms with E-state index in [0.29, 0.717) is 17.2 Å². The number of benzene rings is 2. The minimum Gasteiger partial charge on any atom is -0.378 e. The number of rotatable bonds is 3. The highest BCUT2D eigenvalue weighted by atomic mass is 32.2. The summed E-state index contributed by atoms with van der Waals surface area (Å²) in [6.07, 6.45) is 0.602. The molecular formula is C18H21NO2S. The van der Waals surface area contributed by atoms with Gasteiger partial charge in [-0.1, -0.05) is 44.2 Å². The lowest BCUT2D eigenvalue weighted by Gasteiger charge is -2.27. The second-order valence-electron chi connectivity index (χ2n) is 6.12. The van der Waals surface area contributed by atoms with Crippen LogP contribution in [-0.2, 0) is 9.84 Å². The van der Waals surface area contributed by atoms with Crippen molar-refractivity contribution in [3.8, 4) is 0 Å². The second-order valence-corrected chi connectivity index (χ2v) is 8.20. The lowest BCUT2D eigenvalue weighted by molar-refractivity contribution is 0.576. The average Bonchev–Trinajstić information content (AvgIpc) is 2.51. The monoisotopic (exact) mass is 315 g/mol. The molecule has 1 aliphatic heterocycles. The van der Waals surface area contributed by atoms with Gasteiger partial charge in [-0.3, -0.25) is 0 Å². The molecule has 2 aromatic carbocycles. The second kappa shape index (κ2) is 5.76. The molecule has 116 valence electrons. The fourth-order valence-corrected chi connectivity index (χ4v) is 4.55. The standard InChI is InChI=1S/C18H21NO2S/c1-13(2)14-6-5-7-15(12-14)19-17-10-11-22(20,21)18-9-4-3-8-16(17)18/h3-9,12-13,17,19H,10-11H2,1-2H3. The van der Waals surface area contributed by atoms with Crippen molar-refractivity contribution in [3.05, 3.63) is 59.7 Å². The van der Waals surface area contributed by atoms with E-state index in [1.54, 1.807) is 12.1 Å². The zero-order valence-electron chi connectivity index (χ0n) is 12.9. The van der Waals surface area contributed by atoms with Crippen LogP contribution < -0.4 is 5.32 Å². The topological polar surface area (TPSA) is 46.2 Å². The number of hydrogen-bond donors (Lipinski definition) is 1. The van der Waals surface area contributed by atoms with Crippen molar-refractivity contribution >= 4 is 15.5 Å². The number of sulfone groups is 1. The average molecular weight is 315 g/mol. The first kappa shape index (κ1) is 15.1. The van der Waals surface area contributed by atoms with Crippen LogP contribution in [0.4, 0.5) is 5.69 Å². The zero-order valence-corrected chi connectivity index (χ0v) is 13.7. The van der Waals surface area contributed by atoms with E-state index in [0.717, 1.165) is 11.3 Å². The van der Waals surface area contributed by atoms with Crippen LogP contribution in [0, 0.1) is 0 Å². The van der Waals surface area contributed by atoms with Gasteiger partial charge >= 0.3 is 0 Å². The van der Waals surface area contributed by atoms with Gasteiger partial charge in [-0.15, -0.1) is 0 Å². The van der Waals surface area contributed by atoms with Crippen molar-refractivity contribution < 1.29 is 8.42 Å². The van der Waals surface area contributed by atoms with Gasteiger partial charge in [0.1, 0.15) is 0 Å². The van der Waals surface area contributed by atoms with E-state index in [4.69, 9.17) is 0 Å². The Kier molecular flexibility index (Phi) is 3.96. The highest BCUT2D eigenvalue weighted by Crippen LogP contribution is 2.34. The fourth-order valence-electron chi connectivity index (χ4n) is 2.93. The lowest BCUT2D eigenvalue weighted by atomic mass is 10.0. The van der Waals surface area contributed by atoms with Crippen LogP contribution in [0.3, 0.4) is 0 Å². The molecule has 2 aromatic rings. The molecule has 1 heterocycles. The molecule has 0 aliphatic carbocycles. The van der Waals surface area contributed by atoms with Gasteiger partial charge in [-0.05, 0) is 41.7 Å². The molecule has 0 fully saturated rings. The molecule has 1 atom stereocenters. The summed E-state index contributed by atoms with van der Waals surface area (Å²) in [6, 6.07) is 15.7. The Balaban J connectivity index is 1.92. The predicted octanol–water partition coefficient (Wildman–Crippen LogP) is 4.14. The summed E-state index contributed by atoms with van der Waals surface area (Å²) in [4.78, 5) is 0.471. The molecule has 0 saturated heterocycles. The van der Waals surface area contributed by atoms with Gasteiger partial charge in [-0.2, -0.15) is 0 Å². The summed E-state index contributed by atoms with van der Waals surface area (Å²) >= 11 is 0. The maximum absolute atomic E-state index is 12.2. The molecule has 1 aliphatic rings. The van der Waals surface area contributed by atoms with E-state index in [1.807, 2.05) is 24.3 Å². The molecule has 3 rings (SSSR count). The third-order valence-corrected chi connectivity index (χ3v) is 6.01. The molecule has 3 nitrogen and oxygen atoms in total. The number of fused-ring (bicyclic) bond motifs is 1. The summed E-state index contributed by atoms with van der Waals surface area (Å²) in [5.74, 6) is 0.673. The summed E-state index contributed by atoms with van der Waals surface area (Å²) in [6.45, 7) is 4.34. The van der Waals surface area contributed by atoms with E-state index >= 15 is 0 Å². The first-order valence-electron chi connectivity index (χ1n) is 7.65. The van der Waals surface area contributed by atoms with Gasteiger partial charge in [0.2, 0.25) is 0 Å². The van der Waals surface area contributed by atoms with Crippen LogP contribution in [0.25, 0.3) is 0 Å². The van der Waals surface area contributed by atoms with Crippen molar-refractivity contribution in [1.82, 2.24) is 0 Å². The number of nitrogens with one attached hydrogen (secondary N) is 1. The third-order valence-electron chi connectivity index (χ3n) is 4.20. The first-order chi connectivity index (χ1) is 10.5. The summed E-state index contributed by atoms with van der Waals surface area (Å²) < 4.78 is 24.4. The molecule has 0 saturated carbocycles. The minimum atomic E-state index is -3.13. The molecule has 1 unspecified atom stereocenters. The number of anilines is 1. The smallest absolute Gasteiger partial charge is 0.178 e. The van der Waals surface area contributed by atoms with Crippen molar-refractivity contribution in [2.24, 2.45) is 0 Å². The van der Waals surface area contributed by atoms with Crippen molar-refractivity contribution in [2.75, 3.05) is 11.1 Å². The van der Waals surface area contributed by atoms with Gasteiger partial charge in [0.15, 0.2) is 9.84 Å². The van der Waals surface area contributed by atoms with Crippen molar-refractivity contribution in [2.45, 2.75) is 37.1 Å². The molecular weight excluding hydrogens is 294 g/mol. The Labute approximate surface area is 132 Å². The van der Waals surface area contributed by atoms with Crippen molar-refractivity contribution in [1.29, 1.82) is 0 Å². The molecule has 1 N–H and O–H groups in total. The van der Waals surface area contributed by atoms with Crippen LogP contribution in [0.1, 0.15) is 43.4 Å². The summed E-state index contributed by atoms with van der Waals surface area (Å²) in [7, 11) is -3.13. The molecule has 0 aromatic heterocycles. The largest absolute Gasteiger partial charge is 0.378 e. The Hall–Kier alpha value is -1.81. The van der Waals surface area contributed by atoms with E-state index in [1.165, 1.54) is 5.56 Å². The van der Waals surface area contributed by atoms with Crippen LogP contribution in [0.2, 0.25) is 0 Å². The molecule has 0 amide bonds. The van der Waals surface area contributed by atoms with E-state index in [9.17, 15) is 8.42 Å². The van der Waals surface area contributed by atoms with E-state index in [2.05, 4.69) is 31.3 Å². The summed E-state index contributed by atoms with van der Waals surface area (Å²) in [5, 5.41) is 3.51. The van der Waals surface area contributed by atoms with Crippen LogP contribution in [0.5, 0.6) is 0 Å². The number of hydrogen-bond acceptors (Lipinski definition) is 3. The minimum absolute atomic E-state index is 0.0436. The lowest BCUT2D eigenvalue weighted by Crippen LogP contribution is -2.24. The van der Waals surface area contributed by atoms with Crippen LogP contribution in [0.15, 0.2) is 53.4 Å². The Morgan fingerprint density at radius 2 is 1.86 bits per heavy atom.